The average molecular weight is 227 g/mol. The molecule has 88 valence electrons. The van der Waals surface area contributed by atoms with E-state index in [0.717, 1.165) is 17.1 Å². The van der Waals surface area contributed by atoms with Crippen LogP contribution in [0.3, 0.4) is 0 Å². The Morgan fingerprint density at radius 3 is 2.24 bits per heavy atom. The van der Waals surface area contributed by atoms with E-state index >= 15 is 0 Å². The van der Waals surface area contributed by atoms with Gasteiger partial charge in [0.15, 0.2) is 5.82 Å². The molecule has 0 saturated heterocycles. The van der Waals surface area contributed by atoms with Crippen molar-refractivity contribution in [2.75, 3.05) is 12.4 Å². The van der Waals surface area contributed by atoms with Gasteiger partial charge in [-0.2, -0.15) is 0 Å². The van der Waals surface area contributed by atoms with Gasteiger partial charge in [0, 0.05) is 25.0 Å². The Morgan fingerprint density at radius 2 is 1.53 bits per heavy atom. The maximum atomic E-state index is 4.43. The Kier molecular flexibility index (Phi) is 3.09. The van der Waals surface area contributed by atoms with Gasteiger partial charge in [-0.3, -0.25) is 4.98 Å². The van der Waals surface area contributed by atoms with Crippen LogP contribution in [0.2, 0.25) is 0 Å². The molecule has 1 heterocycles. The van der Waals surface area contributed by atoms with Crippen LogP contribution in [0.15, 0.2) is 24.5 Å². The number of nitrogens with one attached hydrogen (secondary N) is 1. The number of hydrogen-bond acceptors (Lipinski definition) is 3. The number of aromatic nitrogens is 2. The van der Waals surface area contributed by atoms with Crippen molar-refractivity contribution in [3.63, 3.8) is 0 Å². The van der Waals surface area contributed by atoms with E-state index in [1.54, 1.807) is 12.4 Å². The van der Waals surface area contributed by atoms with Gasteiger partial charge in [-0.1, -0.05) is 6.07 Å². The zero-order valence-electron chi connectivity index (χ0n) is 10.7. The lowest BCUT2D eigenvalue weighted by Crippen LogP contribution is -1.99. The minimum Gasteiger partial charge on any atom is -0.371 e. The van der Waals surface area contributed by atoms with Gasteiger partial charge in [0.25, 0.3) is 0 Å². The molecule has 0 aliphatic heterocycles. The molecule has 2 rings (SSSR count). The van der Waals surface area contributed by atoms with Gasteiger partial charge in [-0.05, 0) is 43.5 Å². The molecule has 0 unspecified atom stereocenters. The van der Waals surface area contributed by atoms with Crippen molar-refractivity contribution in [3.05, 3.63) is 41.2 Å². The highest BCUT2D eigenvalue weighted by molar-refractivity contribution is 5.74. The van der Waals surface area contributed by atoms with Crippen molar-refractivity contribution in [1.29, 1.82) is 0 Å². The van der Waals surface area contributed by atoms with Crippen LogP contribution in [-0.2, 0) is 0 Å². The third kappa shape index (κ3) is 2.13. The second-order valence-electron chi connectivity index (χ2n) is 4.25. The first-order valence-corrected chi connectivity index (χ1v) is 5.70. The highest BCUT2D eigenvalue weighted by Crippen LogP contribution is 2.28. The normalized spacial score (nSPS) is 10.4. The van der Waals surface area contributed by atoms with Gasteiger partial charge < -0.3 is 5.32 Å². The molecular weight excluding hydrogens is 210 g/mol. The van der Waals surface area contributed by atoms with Gasteiger partial charge in [0.2, 0.25) is 0 Å². The molecule has 0 fully saturated rings. The fourth-order valence-corrected chi connectivity index (χ4v) is 1.93. The predicted molar refractivity (Wildman–Crippen MR) is 71.2 cm³/mol. The number of rotatable bonds is 2. The molecule has 0 aliphatic carbocycles. The zero-order chi connectivity index (χ0) is 12.4. The Hall–Kier alpha value is -1.90. The summed E-state index contributed by atoms with van der Waals surface area (Å²) in [5.41, 5.74) is 5.87. The number of benzene rings is 1. The molecule has 2 aromatic rings. The molecule has 0 atom stereocenters. The van der Waals surface area contributed by atoms with Crippen LogP contribution in [0.1, 0.15) is 16.7 Å². The van der Waals surface area contributed by atoms with Crippen LogP contribution in [0.5, 0.6) is 0 Å². The largest absolute Gasteiger partial charge is 0.371 e. The Labute approximate surface area is 102 Å². The molecule has 1 aromatic heterocycles. The third-order valence-electron chi connectivity index (χ3n) is 3.03. The minimum absolute atomic E-state index is 0.818. The van der Waals surface area contributed by atoms with Crippen molar-refractivity contribution in [1.82, 2.24) is 9.97 Å². The van der Waals surface area contributed by atoms with Crippen LogP contribution in [0.25, 0.3) is 11.3 Å². The minimum atomic E-state index is 0.818. The standard InChI is InChI=1S/C14H17N3/c1-9-7-11(3)12(8-10(9)2)13-14(15-4)17-6-5-16-13/h5-8H,1-4H3,(H,15,17). The zero-order valence-corrected chi connectivity index (χ0v) is 10.7. The Balaban J connectivity index is 2.64. The highest BCUT2D eigenvalue weighted by atomic mass is 15.0. The Bertz CT molecular complexity index is 547. The van der Waals surface area contributed by atoms with Crippen LogP contribution in [-0.4, -0.2) is 17.0 Å². The van der Waals surface area contributed by atoms with Gasteiger partial charge in [0.05, 0.1) is 0 Å². The lowest BCUT2D eigenvalue weighted by Gasteiger charge is -2.11. The fourth-order valence-electron chi connectivity index (χ4n) is 1.93. The molecule has 0 bridgehead atoms. The first-order valence-electron chi connectivity index (χ1n) is 5.70. The first kappa shape index (κ1) is 11.6. The van der Waals surface area contributed by atoms with Gasteiger partial charge in [0.1, 0.15) is 5.69 Å². The molecule has 0 amide bonds. The number of nitrogens with zero attached hydrogens (tertiary/aromatic N) is 2. The maximum absolute atomic E-state index is 4.43. The van der Waals surface area contributed by atoms with Crippen LogP contribution >= 0.6 is 0 Å². The van der Waals surface area contributed by atoms with E-state index in [1.165, 1.54) is 16.7 Å². The first-order chi connectivity index (χ1) is 8.13. The van der Waals surface area contributed by atoms with E-state index in [4.69, 9.17) is 0 Å². The fraction of sp³-hybridized carbons (Fsp3) is 0.286. The summed E-state index contributed by atoms with van der Waals surface area (Å²) in [5, 5.41) is 3.08. The van der Waals surface area contributed by atoms with E-state index in [2.05, 4.69) is 48.2 Å². The van der Waals surface area contributed by atoms with Gasteiger partial charge in [-0.15, -0.1) is 0 Å². The lowest BCUT2D eigenvalue weighted by atomic mass is 9.98. The molecule has 0 spiro atoms. The maximum Gasteiger partial charge on any atom is 0.152 e. The smallest absolute Gasteiger partial charge is 0.152 e. The molecule has 1 aromatic carbocycles. The second-order valence-corrected chi connectivity index (χ2v) is 4.25. The van der Waals surface area contributed by atoms with Crippen molar-refractivity contribution in [2.24, 2.45) is 0 Å². The molecule has 0 aliphatic rings. The van der Waals surface area contributed by atoms with Gasteiger partial charge >= 0.3 is 0 Å². The van der Waals surface area contributed by atoms with E-state index in [9.17, 15) is 0 Å². The SMILES string of the molecule is CNc1nccnc1-c1cc(C)c(C)cc1C. The molecular formula is C14H17N3. The molecule has 0 radical (unpaired) electrons. The summed E-state index contributed by atoms with van der Waals surface area (Å²) in [4.78, 5) is 8.72. The third-order valence-corrected chi connectivity index (χ3v) is 3.03. The van der Waals surface area contributed by atoms with E-state index in [1.807, 2.05) is 7.05 Å². The van der Waals surface area contributed by atoms with E-state index in [0.29, 0.717) is 0 Å². The van der Waals surface area contributed by atoms with Crippen LogP contribution < -0.4 is 5.32 Å². The molecule has 3 heteroatoms. The number of aryl methyl sites for hydroxylation is 3. The molecule has 3 nitrogen and oxygen atoms in total. The van der Waals surface area contributed by atoms with E-state index < -0.39 is 0 Å². The lowest BCUT2D eigenvalue weighted by molar-refractivity contribution is 1.18. The predicted octanol–water partition coefficient (Wildman–Crippen LogP) is 3.11. The summed E-state index contributed by atoms with van der Waals surface area (Å²) in [6.45, 7) is 6.35. The highest BCUT2D eigenvalue weighted by Gasteiger charge is 2.10. The van der Waals surface area contributed by atoms with Crippen molar-refractivity contribution >= 4 is 5.82 Å². The number of anilines is 1. The van der Waals surface area contributed by atoms with Crippen LogP contribution in [0, 0.1) is 20.8 Å². The monoisotopic (exact) mass is 227 g/mol. The van der Waals surface area contributed by atoms with Crippen LogP contribution in [0.4, 0.5) is 5.82 Å². The summed E-state index contributed by atoms with van der Waals surface area (Å²) < 4.78 is 0. The summed E-state index contributed by atoms with van der Waals surface area (Å²) in [6, 6.07) is 4.37. The number of hydrogen-bond donors (Lipinski definition) is 1. The summed E-state index contributed by atoms with van der Waals surface area (Å²) >= 11 is 0. The second kappa shape index (κ2) is 4.53. The summed E-state index contributed by atoms with van der Waals surface area (Å²) in [5.74, 6) is 0.818. The van der Waals surface area contributed by atoms with Crippen molar-refractivity contribution in [2.45, 2.75) is 20.8 Å². The Morgan fingerprint density at radius 1 is 0.882 bits per heavy atom. The van der Waals surface area contributed by atoms with E-state index in [-0.39, 0.29) is 0 Å². The molecule has 1 N–H and O–H groups in total. The van der Waals surface area contributed by atoms with Gasteiger partial charge in [-0.25, -0.2) is 4.98 Å². The summed E-state index contributed by atoms with van der Waals surface area (Å²) in [6.07, 6.45) is 3.43. The van der Waals surface area contributed by atoms with Crippen molar-refractivity contribution < 1.29 is 0 Å². The topological polar surface area (TPSA) is 37.8 Å². The quantitative estimate of drug-likeness (QED) is 0.856. The molecule has 0 saturated carbocycles. The average Bonchev–Trinajstić information content (AvgIpc) is 2.34. The van der Waals surface area contributed by atoms with Crippen molar-refractivity contribution in [3.8, 4) is 11.3 Å². The summed E-state index contributed by atoms with van der Waals surface area (Å²) in [7, 11) is 1.86. The molecule has 17 heavy (non-hydrogen) atoms.